The lowest BCUT2D eigenvalue weighted by Crippen LogP contribution is -2.46. The number of benzene rings is 2. The second-order valence-corrected chi connectivity index (χ2v) is 8.49. The number of rotatable bonds is 6. The maximum absolute atomic E-state index is 14.9. The molecule has 7 heteroatoms. The largest absolute Gasteiger partial charge is 0.496 e. The zero-order valence-corrected chi connectivity index (χ0v) is 19.2. The Hall–Kier alpha value is -2.90. The fourth-order valence-electron chi connectivity index (χ4n) is 4.48. The Balaban J connectivity index is 1.49. The third kappa shape index (κ3) is 4.36. The number of methoxy groups -OCH3 is 1. The molecule has 2 aromatic carbocycles. The van der Waals surface area contributed by atoms with Gasteiger partial charge in [0.15, 0.2) is 0 Å². The molecule has 1 aliphatic rings. The van der Waals surface area contributed by atoms with E-state index in [2.05, 4.69) is 35.9 Å². The Morgan fingerprint density at radius 3 is 2.53 bits per heavy atom. The van der Waals surface area contributed by atoms with Crippen molar-refractivity contribution >= 4 is 5.69 Å². The normalized spacial score (nSPS) is 15.8. The SMILES string of the molecule is COc1cc(C)c(CN2CCN(c3c(F)cccc3[C@H](O)c3nccn3C)CC2)cc1C. The lowest BCUT2D eigenvalue weighted by atomic mass is 10.0. The number of nitrogens with zero attached hydrogens (tertiary/aromatic N) is 4. The average Bonchev–Trinajstić information content (AvgIpc) is 3.22. The summed E-state index contributed by atoms with van der Waals surface area (Å²) in [6.45, 7) is 8.04. The van der Waals surface area contributed by atoms with Crippen LogP contribution in [0.2, 0.25) is 0 Å². The molecule has 1 fully saturated rings. The highest BCUT2D eigenvalue weighted by atomic mass is 19.1. The van der Waals surface area contributed by atoms with Crippen LogP contribution in [0.5, 0.6) is 5.75 Å². The minimum atomic E-state index is -0.983. The standard InChI is InChI=1S/C25H31FN4O2/c1-17-15-22(32-4)18(2)14-19(17)16-29-10-12-30(13-11-29)23-20(6-5-7-21(23)26)24(31)25-27-8-9-28(25)3/h5-9,14-15,24,31H,10-13,16H2,1-4H3/t24-/m0/s1. The van der Waals surface area contributed by atoms with E-state index >= 15 is 0 Å². The van der Waals surface area contributed by atoms with Gasteiger partial charge in [0.1, 0.15) is 23.5 Å². The zero-order valence-electron chi connectivity index (χ0n) is 19.2. The van der Waals surface area contributed by atoms with Gasteiger partial charge in [0.2, 0.25) is 0 Å². The summed E-state index contributed by atoms with van der Waals surface area (Å²) in [5, 5.41) is 10.9. The van der Waals surface area contributed by atoms with Crippen LogP contribution in [0.4, 0.5) is 10.1 Å². The number of piperazine rings is 1. The average molecular weight is 439 g/mol. The molecule has 1 aromatic heterocycles. The number of anilines is 1. The molecule has 170 valence electrons. The van der Waals surface area contributed by atoms with Crippen LogP contribution in [0.15, 0.2) is 42.7 Å². The number of hydrogen-bond acceptors (Lipinski definition) is 5. The molecule has 0 saturated carbocycles. The molecular weight excluding hydrogens is 407 g/mol. The summed E-state index contributed by atoms with van der Waals surface area (Å²) in [5.41, 5.74) is 4.65. The maximum atomic E-state index is 14.9. The summed E-state index contributed by atoms with van der Waals surface area (Å²) in [7, 11) is 3.52. The van der Waals surface area contributed by atoms with Gasteiger partial charge in [0.05, 0.1) is 12.8 Å². The Morgan fingerprint density at radius 2 is 1.88 bits per heavy atom. The molecule has 0 unspecified atom stereocenters. The number of aryl methyl sites for hydroxylation is 3. The molecule has 2 heterocycles. The molecule has 1 atom stereocenters. The summed E-state index contributed by atoms with van der Waals surface area (Å²) in [6, 6.07) is 9.17. The number of ether oxygens (including phenoxy) is 1. The van der Waals surface area contributed by atoms with E-state index in [0.717, 1.165) is 30.9 Å². The second kappa shape index (κ2) is 9.30. The van der Waals surface area contributed by atoms with Crippen molar-refractivity contribution in [1.29, 1.82) is 0 Å². The van der Waals surface area contributed by atoms with Gasteiger partial charge < -0.3 is 19.3 Å². The van der Waals surface area contributed by atoms with Crippen LogP contribution in [-0.2, 0) is 13.6 Å². The Kier molecular flexibility index (Phi) is 6.48. The molecule has 1 saturated heterocycles. The monoisotopic (exact) mass is 438 g/mol. The molecule has 0 bridgehead atoms. The molecule has 0 amide bonds. The number of halogens is 1. The smallest absolute Gasteiger partial charge is 0.146 e. The maximum Gasteiger partial charge on any atom is 0.146 e. The third-order valence-electron chi connectivity index (χ3n) is 6.35. The van der Waals surface area contributed by atoms with Crippen LogP contribution in [-0.4, -0.2) is 52.8 Å². The number of imidazole rings is 1. The molecule has 1 aliphatic heterocycles. The first-order chi connectivity index (χ1) is 15.4. The fraction of sp³-hybridized carbons (Fsp3) is 0.400. The molecule has 4 rings (SSSR count). The molecular formula is C25H31FN4O2. The second-order valence-electron chi connectivity index (χ2n) is 8.49. The highest BCUT2D eigenvalue weighted by Crippen LogP contribution is 2.33. The molecule has 0 spiro atoms. The van der Waals surface area contributed by atoms with Gasteiger partial charge in [-0.2, -0.15) is 0 Å². The van der Waals surface area contributed by atoms with Crippen LogP contribution in [0.3, 0.4) is 0 Å². The number of aliphatic hydroxyl groups is 1. The van der Waals surface area contributed by atoms with Crippen molar-refractivity contribution in [2.75, 3.05) is 38.2 Å². The van der Waals surface area contributed by atoms with Gasteiger partial charge in [-0.05, 0) is 42.7 Å². The van der Waals surface area contributed by atoms with E-state index in [-0.39, 0.29) is 5.82 Å². The van der Waals surface area contributed by atoms with E-state index in [1.54, 1.807) is 36.2 Å². The number of para-hydroxylation sites is 1. The van der Waals surface area contributed by atoms with Crippen molar-refractivity contribution in [3.05, 3.63) is 76.6 Å². The first-order valence-corrected chi connectivity index (χ1v) is 10.9. The Labute approximate surface area is 188 Å². The summed E-state index contributed by atoms with van der Waals surface area (Å²) in [6.07, 6.45) is 2.43. The summed E-state index contributed by atoms with van der Waals surface area (Å²) < 4.78 is 22.1. The van der Waals surface area contributed by atoms with Crippen molar-refractivity contribution in [3.8, 4) is 5.75 Å². The van der Waals surface area contributed by atoms with Gasteiger partial charge in [0.25, 0.3) is 0 Å². The van der Waals surface area contributed by atoms with E-state index in [0.29, 0.717) is 30.2 Å². The first-order valence-electron chi connectivity index (χ1n) is 10.9. The Morgan fingerprint density at radius 1 is 1.12 bits per heavy atom. The van der Waals surface area contributed by atoms with E-state index < -0.39 is 6.10 Å². The number of aliphatic hydroxyl groups excluding tert-OH is 1. The van der Waals surface area contributed by atoms with Crippen LogP contribution < -0.4 is 9.64 Å². The fourth-order valence-corrected chi connectivity index (χ4v) is 4.48. The van der Waals surface area contributed by atoms with Crippen molar-refractivity contribution in [2.45, 2.75) is 26.5 Å². The highest BCUT2D eigenvalue weighted by Gasteiger charge is 2.27. The van der Waals surface area contributed by atoms with Gasteiger partial charge in [-0.1, -0.05) is 18.2 Å². The van der Waals surface area contributed by atoms with Crippen LogP contribution >= 0.6 is 0 Å². The van der Waals surface area contributed by atoms with Gasteiger partial charge in [0, 0.05) is 57.7 Å². The molecule has 0 aliphatic carbocycles. The lowest BCUT2D eigenvalue weighted by molar-refractivity contribution is 0.205. The van der Waals surface area contributed by atoms with Crippen molar-refractivity contribution < 1.29 is 14.2 Å². The van der Waals surface area contributed by atoms with Crippen LogP contribution in [0, 0.1) is 19.7 Å². The molecule has 0 radical (unpaired) electrons. The van der Waals surface area contributed by atoms with Crippen LogP contribution in [0.1, 0.15) is 34.2 Å². The molecule has 3 aromatic rings. The van der Waals surface area contributed by atoms with Crippen LogP contribution in [0.25, 0.3) is 0 Å². The van der Waals surface area contributed by atoms with Crippen molar-refractivity contribution in [1.82, 2.24) is 14.5 Å². The Bertz CT molecular complexity index is 1090. The quantitative estimate of drug-likeness (QED) is 0.638. The summed E-state index contributed by atoms with van der Waals surface area (Å²) in [5.74, 6) is 1.10. The topological polar surface area (TPSA) is 53.8 Å². The number of aromatic nitrogens is 2. The summed E-state index contributed by atoms with van der Waals surface area (Å²) >= 11 is 0. The third-order valence-corrected chi connectivity index (χ3v) is 6.35. The first kappa shape index (κ1) is 22.3. The van der Waals surface area contributed by atoms with Crippen molar-refractivity contribution in [3.63, 3.8) is 0 Å². The molecule has 32 heavy (non-hydrogen) atoms. The van der Waals surface area contributed by atoms with Gasteiger partial charge in [-0.25, -0.2) is 9.37 Å². The summed E-state index contributed by atoms with van der Waals surface area (Å²) in [4.78, 5) is 8.68. The van der Waals surface area contributed by atoms with Gasteiger partial charge in [-0.15, -0.1) is 0 Å². The van der Waals surface area contributed by atoms with E-state index in [1.165, 1.54) is 17.2 Å². The number of hydrogen-bond donors (Lipinski definition) is 1. The predicted molar refractivity (Wildman–Crippen MR) is 124 cm³/mol. The minimum absolute atomic E-state index is 0.314. The minimum Gasteiger partial charge on any atom is -0.496 e. The van der Waals surface area contributed by atoms with E-state index in [1.807, 2.05) is 11.9 Å². The molecule has 6 nitrogen and oxygen atoms in total. The van der Waals surface area contributed by atoms with Gasteiger partial charge >= 0.3 is 0 Å². The lowest BCUT2D eigenvalue weighted by Gasteiger charge is -2.37. The highest BCUT2D eigenvalue weighted by molar-refractivity contribution is 5.57. The zero-order chi connectivity index (χ0) is 22.8. The van der Waals surface area contributed by atoms with E-state index in [4.69, 9.17) is 4.74 Å². The van der Waals surface area contributed by atoms with E-state index in [9.17, 15) is 9.50 Å². The van der Waals surface area contributed by atoms with Crippen molar-refractivity contribution in [2.24, 2.45) is 7.05 Å². The molecule has 1 N–H and O–H groups in total. The predicted octanol–water partition coefficient (Wildman–Crippen LogP) is 3.59. The van der Waals surface area contributed by atoms with Gasteiger partial charge in [-0.3, -0.25) is 4.90 Å².